The summed E-state index contributed by atoms with van der Waals surface area (Å²) in [5, 5.41) is 2.65. The molecule has 0 saturated carbocycles. The maximum atomic E-state index is 11.9. The molecule has 2 rings (SSSR count). The van der Waals surface area contributed by atoms with E-state index in [9.17, 15) is 14.4 Å². The highest BCUT2D eigenvalue weighted by Crippen LogP contribution is 2.17. The van der Waals surface area contributed by atoms with Crippen LogP contribution in [0.2, 0.25) is 0 Å². The number of rotatable bonds is 6. The minimum absolute atomic E-state index is 0.0559. The summed E-state index contributed by atoms with van der Waals surface area (Å²) in [5.41, 5.74) is 0. The number of carbonyl (C=O) groups excluding carboxylic acids is 3. The fraction of sp³-hybridized carbons (Fsp3) is 0.214. The second kappa shape index (κ2) is 6.85. The Hall–Kier alpha value is -2.41. The summed E-state index contributed by atoms with van der Waals surface area (Å²) >= 11 is 1.25. The van der Waals surface area contributed by atoms with E-state index in [0.29, 0.717) is 11.4 Å². The molecule has 7 heteroatoms. The van der Waals surface area contributed by atoms with Crippen molar-refractivity contribution in [2.75, 3.05) is 6.61 Å². The average Bonchev–Trinajstić information content (AvgIpc) is 3.12. The molecule has 1 amide bonds. The number of ether oxygens (including phenoxy) is 1. The van der Waals surface area contributed by atoms with Crippen molar-refractivity contribution < 1.29 is 23.5 Å². The maximum Gasteiger partial charge on any atom is 0.374 e. The van der Waals surface area contributed by atoms with Gasteiger partial charge >= 0.3 is 5.97 Å². The van der Waals surface area contributed by atoms with E-state index >= 15 is 0 Å². The van der Waals surface area contributed by atoms with Gasteiger partial charge in [-0.3, -0.25) is 9.59 Å². The molecule has 0 aliphatic rings. The smallest absolute Gasteiger partial charge is 0.374 e. The predicted octanol–water partition coefficient (Wildman–Crippen LogP) is 2.02. The van der Waals surface area contributed by atoms with Crippen LogP contribution in [0.3, 0.4) is 0 Å². The molecule has 0 unspecified atom stereocenters. The molecule has 0 saturated heterocycles. The molecule has 21 heavy (non-hydrogen) atoms. The molecule has 0 aliphatic carbocycles. The lowest BCUT2D eigenvalue weighted by Crippen LogP contribution is -2.18. The van der Waals surface area contributed by atoms with Gasteiger partial charge in [-0.25, -0.2) is 4.79 Å². The Labute approximate surface area is 124 Å². The van der Waals surface area contributed by atoms with E-state index in [1.807, 2.05) is 0 Å². The van der Waals surface area contributed by atoms with Crippen molar-refractivity contribution in [2.24, 2.45) is 0 Å². The quantitative estimate of drug-likeness (QED) is 0.652. The lowest BCUT2D eigenvalue weighted by Gasteiger charge is -2.00. The molecule has 0 aliphatic heterocycles. The van der Waals surface area contributed by atoms with Gasteiger partial charge in [0.1, 0.15) is 0 Å². The Balaban J connectivity index is 1.86. The zero-order valence-corrected chi connectivity index (χ0v) is 12.1. The Morgan fingerprint density at radius 2 is 2.10 bits per heavy atom. The number of esters is 1. The molecule has 0 atom stereocenters. The third-order valence-electron chi connectivity index (χ3n) is 2.50. The van der Waals surface area contributed by atoms with Crippen molar-refractivity contribution >= 4 is 29.0 Å². The van der Waals surface area contributed by atoms with E-state index < -0.39 is 5.97 Å². The number of ketones is 1. The molecule has 2 aromatic heterocycles. The molecular formula is C14H13NO5S. The molecule has 110 valence electrons. The van der Waals surface area contributed by atoms with Crippen LogP contribution in [0.4, 0.5) is 0 Å². The van der Waals surface area contributed by atoms with Gasteiger partial charge in [0.15, 0.2) is 6.61 Å². The lowest BCUT2D eigenvalue weighted by molar-refractivity contribution is -0.119. The van der Waals surface area contributed by atoms with Crippen molar-refractivity contribution in [1.29, 1.82) is 0 Å². The largest absolute Gasteiger partial charge is 0.457 e. The molecule has 0 aromatic carbocycles. The van der Waals surface area contributed by atoms with Gasteiger partial charge in [-0.05, 0) is 24.3 Å². The highest BCUT2D eigenvalue weighted by atomic mass is 32.1. The van der Waals surface area contributed by atoms with Crippen molar-refractivity contribution in [3.63, 3.8) is 0 Å². The first-order chi connectivity index (χ1) is 10.1. The topological polar surface area (TPSA) is 85.6 Å². The SMILES string of the molecule is CC(=O)NCc1ccc(C(=O)COC(=O)c2ccco2)s1. The van der Waals surface area contributed by atoms with Gasteiger partial charge in [0, 0.05) is 11.8 Å². The standard InChI is InChI=1S/C14H13NO5S/c1-9(16)15-7-10-4-5-13(21-10)11(17)8-20-14(18)12-3-2-6-19-12/h2-6H,7-8H2,1H3,(H,15,16). The van der Waals surface area contributed by atoms with Crippen LogP contribution in [0.5, 0.6) is 0 Å². The summed E-state index contributed by atoms with van der Waals surface area (Å²) in [6.07, 6.45) is 1.35. The minimum Gasteiger partial charge on any atom is -0.457 e. The molecule has 0 spiro atoms. The van der Waals surface area contributed by atoms with E-state index in [-0.39, 0.29) is 24.1 Å². The van der Waals surface area contributed by atoms with Gasteiger partial charge in [0.2, 0.25) is 17.5 Å². The summed E-state index contributed by atoms with van der Waals surface area (Å²) in [4.78, 5) is 35.5. The number of amides is 1. The lowest BCUT2D eigenvalue weighted by atomic mass is 10.3. The van der Waals surface area contributed by atoms with E-state index in [1.165, 1.54) is 30.6 Å². The summed E-state index contributed by atoms with van der Waals surface area (Å²) in [6, 6.07) is 6.42. The van der Waals surface area contributed by atoms with Crippen LogP contribution >= 0.6 is 11.3 Å². The maximum absolute atomic E-state index is 11.9. The molecular weight excluding hydrogens is 294 g/mol. The first-order valence-corrected chi connectivity index (χ1v) is 6.95. The minimum atomic E-state index is -0.677. The number of Topliss-reactive ketones (excluding diaryl/α,β-unsaturated/α-hetero) is 1. The normalized spacial score (nSPS) is 10.1. The monoisotopic (exact) mass is 307 g/mol. The summed E-state index contributed by atoms with van der Waals surface area (Å²) in [6.45, 7) is 1.45. The Kier molecular flexibility index (Phi) is 4.89. The molecule has 0 fully saturated rings. The van der Waals surface area contributed by atoms with Crippen molar-refractivity contribution in [2.45, 2.75) is 13.5 Å². The first-order valence-electron chi connectivity index (χ1n) is 6.13. The second-order valence-corrected chi connectivity index (χ2v) is 5.32. The van der Waals surface area contributed by atoms with Crippen LogP contribution in [0.25, 0.3) is 0 Å². The highest BCUT2D eigenvalue weighted by molar-refractivity contribution is 7.14. The summed E-state index contributed by atoms with van der Waals surface area (Å²) < 4.78 is 9.73. The Morgan fingerprint density at radius 3 is 2.76 bits per heavy atom. The summed E-state index contributed by atoms with van der Waals surface area (Å²) in [5.74, 6) is -1.05. The predicted molar refractivity (Wildman–Crippen MR) is 75.2 cm³/mol. The second-order valence-electron chi connectivity index (χ2n) is 4.15. The van der Waals surface area contributed by atoms with E-state index in [2.05, 4.69) is 5.32 Å². The zero-order valence-electron chi connectivity index (χ0n) is 11.3. The number of hydrogen-bond donors (Lipinski definition) is 1. The Morgan fingerprint density at radius 1 is 1.29 bits per heavy atom. The third-order valence-corrected chi connectivity index (χ3v) is 3.63. The number of hydrogen-bond acceptors (Lipinski definition) is 6. The van der Waals surface area contributed by atoms with Crippen LogP contribution in [-0.4, -0.2) is 24.3 Å². The molecule has 1 N–H and O–H groups in total. The van der Waals surface area contributed by atoms with Crippen LogP contribution in [0.1, 0.15) is 32.0 Å². The van der Waals surface area contributed by atoms with Gasteiger partial charge in [-0.2, -0.15) is 0 Å². The fourth-order valence-corrected chi connectivity index (χ4v) is 2.37. The fourth-order valence-electron chi connectivity index (χ4n) is 1.50. The number of furan rings is 1. The average molecular weight is 307 g/mol. The van der Waals surface area contributed by atoms with Crippen LogP contribution in [-0.2, 0) is 16.1 Å². The molecule has 2 aromatic rings. The van der Waals surface area contributed by atoms with Gasteiger partial charge in [-0.1, -0.05) is 0 Å². The number of thiophene rings is 1. The highest BCUT2D eigenvalue weighted by Gasteiger charge is 2.15. The van der Waals surface area contributed by atoms with E-state index in [1.54, 1.807) is 18.2 Å². The van der Waals surface area contributed by atoms with Gasteiger partial charge in [0.25, 0.3) is 0 Å². The Bertz CT molecular complexity index is 644. The van der Waals surface area contributed by atoms with E-state index in [4.69, 9.17) is 9.15 Å². The molecule has 2 heterocycles. The summed E-state index contributed by atoms with van der Waals surface area (Å²) in [7, 11) is 0. The molecule has 6 nitrogen and oxygen atoms in total. The van der Waals surface area contributed by atoms with Crippen LogP contribution in [0, 0.1) is 0 Å². The first kappa shape index (κ1) is 15.0. The van der Waals surface area contributed by atoms with Gasteiger partial charge in [0.05, 0.1) is 17.7 Å². The van der Waals surface area contributed by atoms with Gasteiger partial charge in [-0.15, -0.1) is 11.3 Å². The van der Waals surface area contributed by atoms with Gasteiger partial charge < -0.3 is 14.5 Å². The zero-order chi connectivity index (χ0) is 15.2. The van der Waals surface area contributed by atoms with Crippen LogP contribution in [0.15, 0.2) is 34.9 Å². The van der Waals surface area contributed by atoms with Crippen molar-refractivity contribution in [3.05, 3.63) is 46.0 Å². The van der Waals surface area contributed by atoms with Crippen molar-refractivity contribution in [1.82, 2.24) is 5.32 Å². The molecule has 0 bridgehead atoms. The molecule has 0 radical (unpaired) electrons. The number of nitrogens with one attached hydrogen (secondary N) is 1. The van der Waals surface area contributed by atoms with E-state index in [0.717, 1.165) is 4.88 Å². The van der Waals surface area contributed by atoms with Crippen molar-refractivity contribution in [3.8, 4) is 0 Å². The van der Waals surface area contributed by atoms with Crippen LogP contribution < -0.4 is 5.32 Å². The number of carbonyl (C=O) groups is 3. The third kappa shape index (κ3) is 4.28.